The Bertz CT molecular complexity index is 2200. The van der Waals surface area contributed by atoms with Crippen LogP contribution in [0.5, 0.6) is 5.75 Å². The molecule has 0 fully saturated rings. The molecule has 0 N–H and O–H groups in total. The number of hydrogen-bond donors (Lipinski definition) is 0. The van der Waals surface area contributed by atoms with E-state index in [1.54, 1.807) is 36.5 Å². The molecular weight excluding hydrogens is 597 g/mol. The van der Waals surface area contributed by atoms with Crippen molar-refractivity contribution in [1.29, 1.82) is 0 Å². The minimum atomic E-state index is -0.331. The van der Waals surface area contributed by atoms with E-state index in [9.17, 15) is 9.18 Å². The molecular formula is C34H21BrFN3O3. The van der Waals surface area contributed by atoms with Crippen molar-refractivity contribution in [3.05, 3.63) is 141 Å². The second-order valence-corrected chi connectivity index (χ2v) is 10.6. The van der Waals surface area contributed by atoms with E-state index in [0.717, 1.165) is 26.2 Å². The van der Waals surface area contributed by atoms with Crippen molar-refractivity contribution in [2.24, 2.45) is 5.10 Å². The van der Waals surface area contributed by atoms with Crippen LogP contribution >= 0.6 is 15.9 Å². The Hall–Kier alpha value is -5.08. The van der Waals surface area contributed by atoms with E-state index in [1.807, 2.05) is 66.7 Å². The molecule has 0 saturated heterocycles. The number of fused-ring (bicyclic) bond motifs is 3. The average Bonchev–Trinajstić information content (AvgIpc) is 3.43. The number of hydrogen-bond acceptors (Lipinski definition) is 5. The van der Waals surface area contributed by atoms with Crippen molar-refractivity contribution < 1.29 is 13.5 Å². The minimum Gasteiger partial charge on any atom is -0.488 e. The molecule has 0 bridgehead atoms. The van der Waals surface area contributed by atoms with E-state index < -0.39 is 0 Å². The molecule has 2 heterocycles. The van der Waals surface area contributed by atoms with Gasteiger partial charge in [-0.15, -0.1) is 0 Å². The van der Waals surface area contributed by atoms with Gasteiger partial charge in [-0.25, -0.2) is 9.37 Å². The van der Waals surface area contributed by atoms with Crippen molar-refractivity contribution in [3.63, 3.8) is 0 Å². The lowest BCUT2D eigenvalue weighted by Gasteiger charge is -2.12. The SMILES string of the molecule is O=c1c2ccccc2nc(-c2cc3cc(Br)ccc3o2)n1N=Cc1c(OCc2ccc(F)cc2)ccc2ccccc12. The predicted octanol–water partition coefficient (Wildman–Crippen LogP) is 8.33. The van der Waals surface area contributed by atoms with Crippen molar-refractivity contribution in [1.82, 2.24) is 9.66 Å². The number of para-hydroxylation sites is 1. The van der Waals surface area contributed by atoms with Gasteiger partial charge < -0.3 is 9.15 Å². The first kappa shape index (κ1) is 25.9. The molecule has 6 nitrogen and oxygen atoms in total. The highest BCUT2D eigenvalue weighted by Crippen LogP contribution is 2.30. The summed E-state index contributed by atoms with van der Waals surface area (Å²) in [5.41, 5.74) is 2.38. The molecule has 0 aliphatic heterocycles. The number of aromatic nitrogens is 2. The first-order chi connectivity index (χ1) is 20.5. The van der Waals surface area contributed by atoms with Gasteiger partial charge in [-0.2, -0.15) is 9.78 Å². The van der Waals surface area contributed by atoms with Crippen molar-refractivity contribution in [2.75, 3.05) is 0 Å². The molecule has 0 aliphatic carbocycles. The van der Waals surface area contributed by atoms with Gasteiger partial charge in [-0.3, -0.25) is 4.79 Å². The largest absolute Gasteiger partial charge is 0.488 e. The minimum absolute atomic E-state index is 0.233. The fourth-order valence-electron chi connectivity index (χ4n) is 4.91. The zero-order chi connectivity index (χ0) is 28.6. The van der Waals surface area contributed by atoms with Crippen LogP contribution in [0.4, 0.5) is 4.39 Å². The van der Waals surface area contributed by atoms with Crippen LogP contribution in [0, 0.1) is 5.82 Å². The number of nitrogens with zero attached hydrogens (tertiary/aromatic N) is 3. The van der Waals surface area contributed by atoms with Crippen molar-refractivity contribution in [2.45, 2.75) is 6.61 Å². The summed E-state index contributed by atoms with van der Waals surface area (Å²) in [4.78, 5) is 18.6. The Labute approximate surface area is 247 Å². The molecule has 0 aliphatic rings. The van der Waals surface area contributed by atoms with Gasteiger partial charge >= 0.3 is 0 Å². The van der Waals surface area contributed by atoms with Gasteiger partial charge in [0.25, 0.3) is 5.56 Å². The number of benzene rings is 5. The molecule has 5 aromatic carbocycles. The molecule has 8 heteroatoms. The zero-order valence-electron chi connectivity index (χ0n) is 22.0. The third-order valence-electron chi connectivity index (χ3n) is 6.99. The lowest BCUT2D eigenvalue weighted by Crippen LogP contribution is -2.20. The van der Waals surface area contributed by atoms with Crippen molar-refractivity contribution in [3.8, 4) is 17.3 Å². The van der Waals surface area contributed by atoms with E-state index >= 15 is 0 Å². The lowest BCUT2D eigenvalue weighted by atomic mass is 10.0. The van der Waals surface area contributed by atoms with Crippen LogP contribution in [-0.4, -0.2) is 15.9 Å². The number of rotatable bonds is 6. The van der Waals surface area contributed by atoms with Gasteiger partial charge in [0.1, 0.15) is 23.8 Å². The van der Waals surface area contributed by atoms with E-state index in [0.29, 0.717) is 33.6 Å². The van der Waals surface area contributed by atoms with Crippen LogP contribution in [0.15, 0.2) is 128 Å². The molecule has 0 saturated carbocycles. The Kier molecular flexibility index (Phi) is 6.60. The highest BCUT2D eigenvalue weighted by molar-refractivity contribution is 9.10. The lowest BCUT2D eigenvalue weighted by molar-refractivity contribution is 0.306. The van der Waals surface area contributed by atoms with Crippen LogP contribution in [0.3, 0.4) is 0 Å². The number of halogens is 2. The molecule has 2 aromatic heterocycles. The van der Waals surface area contributed by atoms with Crippen molar-refractivity contribution >= 4 is 54.8 Å². The van der Waals surface area contributed by atoms with Crippen LogP contribution in [0.1, 0.15) is 11.1 Å². The summed E-state index contributed by atoms with van der Waals surface area (Å²) in [6, 6.07) is 32.6. The van der Waals surface area contributed by atoms with Gasteiger partial charge in [-0.1, -0.05) is 70.5 Å². The number of furan rings is 1. The van der Waals surface area contributed by atoms with Gasteiger partial charge in [0.05, 0.1) is 17.1 Å². The van der Waals surface area contributed by atoms with Crippen LogP contribution < -0.4 is 10.3 Å². The second-order valence-electron chi connectivity index (χ2n) is 9.72. The fraction of sp³-hybridized carbons (Fsp3) is 0.0294. The molecule has 42 heavy (non-hydrogen) atoms. The van der Waals surface area contributed by atoms with E-state index in [-0.39, 0.29) is 23.8 Å². The molecule has 0 atom stereocenters. The zero-order valence-corrected chi connectivity index (χ0v) is 23.6. The van der Waals surface area contributed by atoms with Crippen LogP contribution in [0.25, 0.3) is 44.2 Å². The van der Waals surface area contributed by atoms with Gasteiger partial charge in [0, 0.05) is 15.4 Å². The predicted molar refractivity (Wildman–Crippen MR) is 167 cm³/mol. The maximum atomic E-state index is 13.8. The quantitative estimate of drug-likeness (QED) is 0.176. The number of ether oxygens (including phenoxy) is 1. The molecule has 0 amide bonds. The molecule has 7 rings (SSSR count). The highest BCUT2D eigenvalue weighted by atomic mass is 79.9. The maximum Gasteiger partial charge on any atom is 0.282 e. The van der Waals surface area contributed by atoms with E-state index in [2.05, 4.69) is 21.0 Å². The Morgan fingerprint density at radius 2 is 1.67 bits per heavy atom. The fourth-order valence-corrected chi connectivity index (χ4v) is 5.29. The molecule has 0 unspecified atom stereocenters. The molecule has 204 valence electrons. The smallest absolute Gasteiger partial charge is 0.282 e. The normalized spacial score (nSPS) is 11.7. The summed E-state index contributed by atoms with van der Waals surface area (Å²) in [6.07, 6.45) is 1.61. The topological polar surface area (TPSA) is 69.6 Å². The summed E-state index contributed by atoms with van der Waals surface area (Å²) >= 11 is 3.50. The Balaban J connectivity index is 1.38. The third-order valence-corrected chi connectivity index (χ3v) is 7.49. The van der Waals surface area contributed by atoms with Crippen LogP contribution in [-0.2, 0) is 6.61 Å². The maximum absolute atomic E-state index is 13.8. The molecule has 0 spiro atoms. The molecule has 7 aromatic rings. The average molecular weight is 618 g/mol. The van der Waals surface area contributed by atoms with Gasteiger partial charge in [-0.05, 0) is 70.9 Å². The summed E-state index contributed by atoms with van der Waals surface area (Å²) in [6.45, 7) is 0.233. The van der Waals surface area contributed by atoms with Crippen LogP contribution in [0.2, 0.25) is 0 Å². The summed E-state index contributed by atoms with van der Waals surface area (Å²) in [7, 11) is 0. The summed E-state index contributed by atoms with van der Waals surface area (Å²) < 4.78 is 27.9. The Morgan fingerprint density at radius 1 is 0.881 bits per heavy atom. The summed E-state index contributed by atoms with van der Waals surface area (Å²) in [5, 5.41) is 7.87. The first-order valence-electron chi connectivity index (χ1n) is 13.2. The first-order valence-corrected chi connectivity index (χ1v) is 14.0. The van der Waals surface area contributed by atoms with E-state index in [1.165, 1.54) is 16.8 Å². The van der Waals surface area contributed by atoms with Gasteiger partial charge in [0.2, 0.25) is 5.82 Å². The highest BCUT2D eigenvalue weighted by Gasteiger charge is 2.17. The monoisotopic (exact) mass is 617 g/mol. The second kappa shape index (κ2) is 10.7. The third kappa shape index (κ3) is 4.86. The van der Waals surface area contributed by atoms with Gasteiger partial charge in [0.15, 0.2) is 5.76 Å². The standard InChI is InChI=1S/C34H21BrFN3O3/c35-24-12-16-30-23(17-24)18-32(42-30)33-38-29-8-4-3-7-27(29)34(40)39(33)37-19-28-26-6-2-1-5-22(26)11-15-31(28)41-20-21-9-13-25(36)14-10-21/h1-19H,20H2. The van der Waals surface area contributed by atoms with E-state index in [4.69, 9.17) is 14.1 Å². The summed E-state index contributed by atoms with van der Waals surface area (Å²) in [5.74, 6) is 0.948. The molecule has 0 radical (unpaired) electrons. The Morgan fingerprint density at radius 3 is 2.52 bits per heavy atom.